The first-order chi connectivity index (χ1) is 12.0. The normalized spacial score (nSPS) is 12.4. The number of benzene rings is 1. The molecule has 1 N–H and O–H groups in total. The zero-order valence-electron chi connectivity index (χ0n) is 15.5. The zero-order valence-corrected chi connectivity index (χ0v) is 17.2. The molecule has 2 aromatic rings. The molecule has 1 aromatic carbocycles. The Labute approximate surface area is 159 Å². The van der Waals surface area contributed by atoms with Crippen LogP contribution in [-0.2, 0) is 5.75 Å². The average Bonchev–Trinajstić information content (AvgIpc) is 2.98. The summed E-state index contributed by atoms with van der Waals surface area (Å²) in [6, 6.07) is 8.03. The van der Waals surface area contributed by atoms with Gasteiger partial charge in [0.2, 0.25) is 0 Å². The Bertz CT molecular complexity index is 682. The van der Waals surface area contributed by atoms with Gasteiger partial charge < -0.3 is 5.32 Å². The highest BCUT2D eigenvalue weighted by Crippen LogP contribution is 2.27. The van der Waals surface area contributed by atoms with E-state index in [1.54, 1.807) is 23.1 Å². The summed E-state index contributed by atoms with van der Waals surface area (Å²) >= 11 is 3.34. The predicted molar refractivity (Wildman–Crippen MR) is 108 cm³/mol. The van der Waals surface area contributed by atoms with E-state index in [4.69, 9.17) is 0 Å². The lowest BCUT2D eigenvalue weighted by Gasteiger charge is -2.16. The molecular weight excluding hydrogens is 348 g/mol. The fourth-order valence-corrected chi connectivity index (χ4v) is 4.27. The average molecular weight is 377 g/mol. The van der Waals surface area contributed by atoms with E-state index in [2.05, 4.69) is 36.5 Å². The molecule has 1 unspecified atom stereocenters. The maximum atomic E-state index is 12.7. The summed E-state index contributed by atoms with van der Waals surface area (Å²) in [7, 11) is 0. The van der Waals surface area contributed by atoms with Crippen molar-refractivity contribution < 1.29 is 4.79 Å². The molecule has 0 saturated carbocycles. The Balaban J connectivity index is 1.92. The summed E-state index contributed by atoms with van der Waals surface area (Å²) in [4.78, 5) is 18.2. The molecule has 0 aliphatic heterocycles. The molecule has 1 atom stereocenters. The fraction of sp³-hybridized carbons (Fsp3) is 0.500. The molecule has 5 heteroatoms. The van der Waals surface area contributed by atoms with Crippen LogP contribution in [0.4, 0.5) is 0 Å². The smallest absolute Gasteiger partial charge is 0.252 e. The van der Waals surface area contributed by atoms with Gasteiger partial charge in [0.05, 0.1) is 16.3 Å². The van der Waals surface area contributed by atoms with Crippen molar-refractivity contribution in [3.05, 3.63) is 45.9 Å². The Kier molecular flexibility index (Phi) is 7.97. The maximum Gasteiger partial charge on any atom is 0.252 e. The number of nitrogens with zero attached hydrogens (tertiary/aromatic N) is 1. The predicted octanol–water partition coefficient (Wildman–Crippen LogP) is 5.69. The summed E-state index contributed by atoms with van der Waals surface area (Å²) in [6.45, 7) is 8.58. The van der Waals surface area contributed by atoms with E-state index in [-0.39, 0.29) is 11.9 Å². The van der Waals surface area contributed by atoms with Crippen molar-refractivity contribution in [1.82, 2.24) is 10.3 Å². The van der Waals surface area contributed by atoms with E-state index < -0.39 is 0 Å². The molecule has 25 heavy (non-hydrogen) atoms. The van der Waals surface area contributed by atoms with Gasteiger partial charge >= 0.3 is 0 Å². The molecule has 3 nitrogen and oxygen atoms in total. The van der Waals surface area contributed by atoms with Gasteiger partial charge in [0.15, 0.2) is 0 Å². The largest absolute Gasteiger partial charge is 0.350 e. The van der Waals surface area contributed by atoms with Crippen LogP contribution in [0.1, 0.15) is 61.1 Å². The van der Waals surface area contributed by atoms with Gasteiger partial charge in [-0.15, -0.1) is 23.1 Å². The molecule has 0 bridgehead atoms. The van der Waals surface area contributed by atoms with Gasteiger partial charge in [0.25, 0.3) is 5.91 Å². The second-order valence-electron chi connectivity index (χ2n) is 6.84. The topological polar surface area (TPSA) is 42.0 Å². The number of thioether (sulfide) groups is 1. The number of hydrogen-bond acceptors (Lipinski definition) is 4. The van der Waals surface area contributed by atoms with Crippen LogP contribution in [0.5, 0.6) is 0 Å². The van der Waals surface area contributed by atoms with Crippen molar-refractivity contribution in [3.8, 4) is 0 Å². The number of hydrogen-bond donors (Lipinski definition) is 1. The van der Waals surface area contributed by atoms with E-state index in [1.165, 1.54) is 6.42 Å². The van der Waals surface area contributed by atoms with Crippen LogP contribution in [0.25, 0.3) is 0 Å². The molecule has 0 aliphatic rings. The molecular formula is C20H28N2OS2. The third kappa shape index (κ3) is 6.83. The molecule has 1 heterocycles. The van der Waals surface area contributed by atoms with Crippen LogP contribution in [0.2, 0.25) is 0 Å². The summed E-state index contributed by atoms with van der Waals surface area (Å²) < 4.78 is 0. The first-order valence-electron chi connectivity index (χ1n) is 8.89. The summed E-state index contributed by atoms with van der Waals surface area (Å²) in [5.74, 6) is 1.53. The molecule has 0 fully saturated rings. The highest BCUT2D eigenvalue weighted by Gasteiger charge is 2.14. The molecule has 1 amide bonds. The monoisotopic (exact) mass is 376 g/mol. The summed E-state index contributed by atoms with van der Waals surface area (Å²) in [5, 5.41) is 6.31. The van der Waals surface area contributed by atoms with Crippen molar-refractivity contribution >= 4 is 29.0 Å². The number of rotatable bonds is 9. The van der Waals surface area contributed by atoms with Gasteiger partial charge in [-0.1, -0.05) is 38.8 Å². The first-order valence-corrected chi connectivity index (χ1v) is 10.8. The van der Waals surface area contributed by atoms with Crippen LogP contribution in [0, 0.1) is 12.8 Å². The van der Waals surface area contributed by atoms with E-state index in [0.717, 1.165) is 45.7 Å². The minimum atomic E-state index is 0.0228. The number of carbonyl (C=O) groups is 1. The molecule has 0 radical (unpaired) electrons. The van der Waals surface area contributed by atoms with E-state index >= 15 is 0 Å². The highest BCUT2D eigenvalue weighted by atomic mass is 32.2. The number of thiazole rings is 1. The van der Waals surface area contributed by atoms with Gasteiger partial charge in [0, 0.05) is 22.1 Å². The lowest BCUT2D eigenvalue weighted by atomic mass is 10.0. The van der Waals surface area contributed by atoms with Gasteiger partial charge in [-0.05, 0) is 38.3 Å². The Morgan fingerprint density at radius 1 is 1.24 bits per heavy atom. The fourth-order valence-electron chi connectivity index (χ4n) is 2.61. The first kappa shape index (κ1) is 20.0. The number of nitrogens with one attached hydrogen (secondary N) is 1. The van der Waals surface area contributed by atoms with Gasteiger partial charge in [-0.3, -0.25) is 4.79 Å². The minimum absolute atomic E-state index is 0.0228. The number of amides is 1. The van der Waals surface area contributed by atoms with Gasteiger partial charge in [-0.2, -0.15) is 0 Å². The molecule has 1 aromatic heterocycles. The molecule has 2 rings (SSSR count). The summed E-state index contributed by atoms with van der Waals surface area (Å²) in [6.07, 6.45) is 3.38. The van der Waals surface area contributed by atoms with Crippen LogP contribution in [-0.4, -0.2) is 16.9 Å². The van der Waals surface area contributed by atoms with Crippen molar-refractivity contribution in [3.63, 3.8) is 0 Å². The van der Waals surface area contributed by atoms with Crippen molar-refractivity contribution in [2.24, 2.45) is 5.92 Å². The quantitative estimate of drug-likeness (QED) is 0.572. The molecule has 0 aliphatic carbocycles. The molecule has 0 saturated heterocycles. The van der Waals surface area contributed by atoms with E-state index in [9.17, 15) is 4.79 Å². The van der Waals surface area contributed by atoms with Crippen LogP contribution < -0.4 is 5.32 Å². The zero-order chi connectivity index (χ0) is 18.2. The Hall–Kier alpha value is -1.33. The van der Waals surface area contributed by atoms with Crippen LogP contribution >= 0.6 is 23.1 Å². The van der Waals surface area contributed by atoms with Crippen LogP contribution in [0.3, 0.4) is 0 Å². The Morgan fingerprint density at radius 3 is 2.68 bits per heavy atom. The molecule has 0 spiro atoms. The van der Waals surface area contributed by atoms with Crippen molar-refractivity contribution in [1.29, 1.82) is 0 Å². The standard InChI is InChI=1S/C20H28N2OS2/c1-14(2)8-7-9-15(3)21-20(23)18-10-5-6-11-19(18)25-13-17-12-24-16(4)22-17/h5-6,10-12,14-15H,7-9,13H2,1-4H3,(H,21,23). The summed E-state index contributed by atoms with van der Waals surface area (Å²) in [5.41, 5.74) is 1.83. The minimum Gasteiger partial charge on any atom is -0.350 e. The van der Waals surface area contributed by atoms with Gasteiger partial charge in [0.1, 0.15) is 0 Å². The maximum absolute atomic E-state index is 12.7. The lowest BCUT2D eigenvalue weighted by molar-refractivity contribution is 0.0935. The third-order valence-corrected chi connectivity index (χ3v) is 5.90. The SMILES string of the molecule is Cc1nc(CSc2ccccc2C(=O)NC(C)CCCC(C)C)cs1. The van der Waals surface area contributed by atoms with Gasteiger partial charge in [-0.25, -0.2) is 4.98 Å². The number of carbonyl (C=O) groups excluding carboxylic acids is 1. The van der Waals surface area contributed by atoms with E-state index in [1.807, 2.05) is 31.2 Å². The van der Waals surface area contributed by atoms with Crippen molar-refractivity contribution in [2.75, 3.05) is 0 Å². The highest BCUT2D eigenvalue weighted by molar-refractivity contribution is 7.98. The van der Waals surface area contributed by atoms with Crippen LogP contribution in [0.15, 0.2) is 34.5 Å². The molecule has 136 valence electrons. The third-order valence-electron chi connectivity index (χ3n) is 3.97. The number of aryl methyl sites for hydroxylation is 1. The number of aromatic nitrogens is 1. The van der Waals surface area contributed by atoms with Crippen molar-refractivity contribution in [2.45, 2.75) is 63.6 Å². The second kappa shape index (κ2) is 9.97. The Morgan fingerprint density at radius 2 is 2.00 bits per heavy atom. The lowest BCUT2D eigenvalue weighted by Crippen LogP contribution is -2.32. The second-order valence-corrected chi connectivity index (χ2v) is 8.92. The van der Waals surface area contributed by atoms with E-state index in [0.29, 0.717) is 0 Å².